The van der Waals surface area contributed by atoms with Gasteiger partial charge in [0.25, 0.3) is 0 Å². The molecule has 0 aliphatic heterocycles. The Bertz CT molecular complexity index is 5100. The van der Waals surface area contributed by atoms with Gasteiger partial charge in [-0.2, -0.15) is 43.1 Å². The number of anilines is 4. The summed E-state index contributed by atoms with van der Waals surface area (Å²) in [5.41, 5.74) is 32.1. The molecule has 0 fully saturated rings. The molecule has 0 saturated heterocycles. The van der Waals surface area contributed by atoms with Crippen LogP contribution in [0.25, 0.3) is 44.7 Å². The third-order valence-corrected chi connectivity index (χ3v) is 21.0. The molecule has 0 spiro atoms. The first-order chi connectivity index (χ1) is 53.0. The minimum absolute atomic E-state index is 0.0333. The Labute approximate surface area is 689 Å². The van der Waals surface area contributed by atoms with Crippen molar-refractivity contribution in [3.05, 3.63) is 140 Å². The Morgan fingerprint density at radius 1 is 0.384 bits per heavy atom. The largest absolute Gasteiger partial charge is 0.382 e. The van der Waals surface area contributed by atoms with Crippen LogP contribution in [0.4, 0.5) is 36.4 Å². The molecule has 0 aliphatic carbocycles. The van der Waals surface area contributed by atoms with Crippen LogP contribution in [0, 0.1) is 63.2 Å². The molecule has 0 radical (unpaired) electrons. The smallest absolute Gasteiger partial charge is 0.312 e. The topological polar surface area (TPSA) is 327 Å². The number of nitrogen functional groups attached to an aromatic ring is 4. The van der Waals surface area contributed by atoms with E-state index >= 15 is 0 Å². The summed E-state index contributed by atoms with van der Waals surface area (Å²) in [5, 5.41) is 19.4. The zero-order valence-corrected chi connectivity index (χ0v) is 71.8. The normalized spacial score (nSPS) is 11.8. The summed E-state index contributed by atoms with van der Waals surface area (Å²) >= 11 is 30.7. The Kier molecular flexibility index (Phi) is 32.1. The summed E-state index contributed by atoms with van der Waals surface area (Å²) < 4.78 is 49.2. The maximum absolute atomic E-state index is 13.8. The minimum atomic E-state index is -0.853. The van der Waals surface area contributed by atoms with Crippen LogP contribution in [-0.4, -0.2) is 129 Å². The van der Waals surface area contributed by atoms with Crippen molar-refractivity contribution in [1.82, 2.24) is 99.3 Å². The summed E-state index contributed by atoms with van der Waals surface area (Å²) in [6.45, 7) is 38.7. The summed E-state index contributed by atoms with van der Waals surface area (Å²) in [6, 6.07) is 23.4. The second-order valence-electron chi connectivity index (χ2n) is 30.1. The van der Waals surface area contributed by atoms with Gasteiger partial charge in [-0.3, -0.25) is 0 Å². The molecule has 0 unspecified atom stereocenters. The summed E-state index contributed by atoms with van der Waals surface area (Å²) in [7, 11) is 0. The van der Waals surface area contributed by atoms with Crippen molar-refractivity contribution in [3.63, 3.8) is 0 Å². The van der Waals surface area contributed by atoms with E-state index in [1.165, 1.54) is 41.6 Å². The Balaban J connectivity index is 0.000000171. The Hall–Kier alpha value is -7.53. The molecule has 0 amide bonds. The van der Waals surface area contributed by atoms with Crippen molar-refractivity contribution < 1.29 is 13.2 Å². The van der Waals surface area contributed by atoms with Gasteiger partial charge in [0.2, 0.25) is 0 Å². The van der Waals surface area contributed by atoms with Crippen molar-refractivity contribution in [2.45, 2.75) is 195 Å². The lowest BCUT2D eigenvalue weighted by atomic mass is 9.97. The summed E-state index contributed by atoms with van der Waals surface area (Å²) in [6.07, 6.45) is 2.44. The summed E-state index contributed by atoms with van der Waals surface area (Å²) in [5.74, 6) is 1.76. The average molecular weight is 1690 g/mol. The molecule has 112 heavy (non-hydrogen) atoms. The van der Waals surface area contributed by atoms with Crippen molar-refractivity contribution in [2.24, 2.45) is 17.3 Å². The van der Waals surface area contributed by atoms with Gasteiger partial charge in [-0.05, 0) is 232 Å². The highest BCUT2D eigenvalue weighted by atomic mass is 35.5. The van der Waals surface area contributed by atoms with Crippen LogP contribution in [0.15, 0.2) is 119 Å². The van der Waals surface area contributed by atoms with Crippen molar-refractivity contribution in [1.29, 1.82) is 0 Å². The van der Waals surface area contributed by atoms with Crippen LogP contribution >= 0.6 is 93.5 Å². The number of nitrogens with zero attached hydrogens (tertiary/aromatic N) is 16. The van der Waals surface area contributed by atoms with E-state index in [0.717, 1.165) is 136 Å². The quantitative estimate of drug-likeness (QED) is 0.0159. The van der Waals surface area contributed by atoms with Gasteiger partial charge >= 0.3 is 18.2 Å². The first kappa shape index (κ1) is 88.4. The minimum Gasteiger partial charge on any atom is -0.382 e. The molecule has 0 aliphatic rings. The fraction of sp³-hybridized carbons (Fsp3) is 0.429. The van der Waals surface area contributed by atoms with Gasteiger partial charge in [-0.25, -0.2) is 29.9 Å². The van der Waals surface area contributed by atoms with Gasteiger partial charge in [0, 0.05) is 71.4 Å². The van der Waals surface area contributed by atoms with Gasteiger partial charge < -0.3 is 62.5 Å². The fourth-order valence-electron chi connectivity index (χ4n) is 11.5. The number of aromatic nitrogens is 16. The lowest BCUT2D eigenvalue weighted by Crippen LogP contribution is -2.36. The number of imidazole rings is 4. The van der Waals surface area contributed by atoms with Crippen LogP contribution in [0.3, 0.4) is 0 Å². The molecule has 24 nitrogen and oxygen atoms in total. The maximum atomic E-state index is 13.8. The molecule has 8 aromatic heterocycles. The van der Waals surface area contributed by atoms with Crippen molar-refractivity contribution in [2.75, 3.05) is 68.7 Å². The number of hydrogen-bond acceptors (Lipinski definition) is 24. The molecule has 8 heterocycles. The molecule has 12 aromatic rings. The van der Waals surface area contributed by atoms with Crippen LogP contribution in [0.5, 0.6) is 0 Å². The molecule has 0 atom stereocenters. The predicted octanol–water partition coefficient (Wildman–Crippen LogP) is 17.6. The van der Waals surface area contributed by atoms with Crippen molar-refractivity contribution in [3.8, 4) is 0 Å². The SMILES string of the molecule is Cc1cc(Cl)cc(Sc2nc3c(N)nc(F)nc3n2CCCNC(C)(C)C)c1.Cc1cc(Cl)cc(Sc2nc3c(N)nc(F)nc3n2CCCNCC(C)(C)C)c1.Cc1cc(Cl)cc(Sc2nc3c(N)nc(F)nc3n2CCCNCC(C)C)c1.Cc1cc(Cl)cc(Sc2nc3c(N)ncnc3n2CCCNCC(C)C)c1. The molecule has 600 valence electrons. The lowest BCUT2D eigenvalue weighted by Gasteiger charge is -2.20. The molecule has 35 heteroatoms. The van der Waals surface area contributed by atoms with Crippen LogP contribution in [-0.2, 0) is 26.2 Å². The number of rotatable bonds is 29. The van der Waals surface area contributed by atoms with E-state index in [1.54, 1.807) is 11.8 Å². The molecule has 0 bridgehead atoms. The highest BCUT2D eigenvalue weighted by molar-refractivity contribution is 8.00. The number of hydrogen-bond donors (Lipinski definition) is 8. The number of fused-ring (bicyclic) bond motifs is 4. The second-order valence-corrected chi connectivity index (χ2v) is 36.0. The van der Waals surface area contributed by atoms with E-state index in [2.05, 4.69) is 156 Å². The number of nitrogens with one attached hydrogen (secondary N) is 4. The highest BCUT2D eigenvalue weighted by Crippen LogP contribution is 2.38. The van der Waals surface area contributed by atoms with Gasteiger partial charge in [0.1, 0.15) is 6.33 Å². The maximum Gasteiger partial charge on any atom is 0.312 e. The lowest BCUT2D eigenvalue weighted by molar-refractivity contribution is 0.376. The third kappa shape index (κ3) is 26.5. The average Bonchev–Trinajstić information content (AvgIpc) is 1.66. The fourth-order valence-corrected chi connectivity index (χ4v) is 17.2. The van der Waals surface area contributed by atoms with Crippen molar-refractivity contribution >= 4 is 161 Å². The number of aryl methyl sites for hydroxylation is 8. The zero-order chi connectivity index (χ0) is 81.3. The monoisotopic (exact) mass is 1680 g/mol. The van der Waals surface area contributed by atoms with E-state index in [4.69, 9.17) is 74.3 Å². The number of halogens is 7. The molecule has 0 saturated carbocycles. The third-order valence-electron chi connectivity index (χ3n) is 16.3. The van der Waals surface area contributed by atoms with Gasteiger partial charge in [0.15, 0.2) is 88.6 Å². The van der Waals surface area contributed by atoms with E-state index in [-0.39, 0.29) is 28.4 Å². The molecule has 12 rings (SSSR count). The number of benzene rings is 4. The Morgan fingerprint density at radius 3 is 0.973 bits per heavy atom. The van der Waals surface area contributed by atoms with Gasteiger partial charge in [-0.15, -0.1) is 0 Å². The number of nitrogens with two attached hydrogens (primary N) is 4. The summed E-state index contributed by atoms with van der Waals surface area (Å²) in [4.78, 5) is 53.5. The molecule has 4 aromatic carbocycles. The first-order valence-corrected chi connectivity index (χ1v) is 41.5. The molecular weight excluding hydrogens is 1590 g/mol. The van der Waals surface area contributed by atoms with E-state index in [9.17, 15) is 13.2 Å². The zero-order valence-electron chi connectivity index (χ0n) is 65.5. The van der Waals surface area contributed by atoms with E-state index < -0.39 is 18.2 Å². The second kappa shape index (κ2) is 40.7. The highest BCUT2D eigenvalue weighted by Gasteiger charge is 2.24. The molecule has 12 N–H and O–H groups in total. The van der Waals surface area contributed by atoms with Crippen LogP contribution < -0.4 is 44.2 Å². The Morgan fingerprint density at radius 2 is 0.679 bits per heavy atom. The van der Waals surface area contributed by atoms with E-state index in [0.29, 0.717) is 107 Å². The van der Waals surface area contributed by atoms with E-state index in [1.807, 2.05) is 108 Å². The van der Waals surface area contributed by atoms with Crippen LogP contribution in [0.2, 0.25) is 20.1 Å². The van der Waals surface area contributed by atoms with Crippen LogP contribution in [0.1, 0.15) is 117 Å². The first-order valence-electron chi connectivity index (χ1n) is 36.7. The van der Waals surface area contributed by atoms with Gasteiger partial charge in [-0.1, -0.05) is 142 Å². The standard InChI is InChI=1S/C20H26ClFN6S.2C19H24ClFN6S.C19H25ClN6S/c1-12-8-13(21)10-14(9-12)29-19-25-15-16(23)26-18(22)27-17(15)28(19)7-5-6-24-11-20(2,3)4;1-11-8-12(20)10-13(9-11)28-18-24-14-15(22)25-17(21)26-16(14)27(18)7-5-6-23-19(2,3)4;1-11(2)10-23-5-4-6-27-17-15(16(22)25-18(21)26-17)24-19(27)28-14-8-12(3)7-13(20)9-14;1-12(2)10-22-5-4-6-26-18-16(17(21)23-11-24-18)25-19(26)27-15-8-13(3)7-14(20)9-15/h8-10,24H,5-7,11H2,1-4H3,(H2,23,26,27);8-10,23H,5-7H2,1-4H3,(H2,22,25,26);7-9,11,23H,4-6,10H2,1-3H3,(H2,22,25,26);7-9,11-12,22H,4-6,10H2,1-3H3,(H2,21,23,24). The van der Waals surface area contributed by atoms with Gasteiger partial charge in [0.05, 0.1) is 0 Å². The predicted molar refractivity (Wildman–Crippen MR) is 454 cm³/mol. The molecular formula is C77H99Cl4F3N24S4.